The molecule has 0 saturated carbocycles. The molecular formula is C18H22Cl2N2. The molecule has 0 radical (unpaired) electrons. The zero-order valence-electron chi connectivity index (χ0n) is 13.3. The van der Waals surface area contributed by atoms with Crippen LogP contribution in [0.2, 0.25) is 10.0 Å². The van der Waals surface area contributed by atoms with Crippen molar-refractivity contribution in [3.63, 3.8) is 0 Å². The van der Waals surface area contributed by atoms with E-state index in [1.807, 2.05) is 24.4 Å². The molecule has 22 heavy (non-hydrogen) atoms. The lowest BCUT2D eigenvalue weighted by atomic mass is 9.91. The van der Waals surface area contributed by atoms with Gasteiger partial charge < -0.3 is 5.32 Å². The number of aromatic nitrogens is 1. The molecule has 1 aromatic heterocycles. The van der Waals surface area contributed by atoms with Crippen LogP contribution in [0.5, 0.6) is 0 Å². The number of pyridine rings is 1. The summed E-state index contributed by atoms with van der Waals surface area (Å²) in [5.41, 5.74) is 3.59. The van der Waals surface area contributed by atoms with Crippen molar-refractivity contribution < 1.29 is 0 Å². The molecule has 0 amide bonds. The van der Waals surface area contributed by atoms with E-state index in [2.05, 4.69) is 43.2 Å². The molecule has 1 N–H and O–H groups in total. The lowest BCUT2D eigenvalue weighted by Gasteiger charge is -2.17. The van der Waals surface area contributed by atoms with E-state index in [1.165, 1.54) is 11.1 Å². The SMILES string of the molecule is CC(C)(C)c1ccc(CNCCc2ccc(Cl)c(Cl)c2)cn1. The van der Waals surface area contributed by atoms with E-state index in [1.54, 1.807) is 0 Å². The van der Waals surface area contributed by atoms with Gasteiger partial charge >= 0.3 is 0 Å². The van der Waals surface area contributed by atoms with Crippen molar-refractivity contribution in [3.8, 4) is 0 Å². The lowest BCUT2D eigenvalue weighted by Crippen LogP contribution is -2.18. The van der Waals surface area contributed by atoms with Gasteiger partial charge in [0.1, 0.15) is 0 Å². The monoisotopic (exact) mass is 336 g/mol. The van der Waals surface area contributed by atoms with Gasteiger partial charge in [-0.15, -0.1) is 0 Å². The number of rotatable bonds is 5. The molecule has 1 heterocycles. The fourth-order valence-electron chi connectivity index (χ4n) is 2.13. The predicted molar refractivity (Wildman–Crippen MR) is 94.8 cm³/mol. The van der Waals surface area contributed by atoms with Crippen molar-refractivity contribution in [3.05, 3.63) is 63.4 Å². The van der Waals surface area contributed by atoms with Gasteiger partial charge in [0, 0.05) is 23.9 Å². The van der Waals surface area contributed by atoms with Gasteiger partial charge in [-0.05, 0) is 42.3 Å². The fourth-order valence-corrected chi connectivity index (χ4v) is 2.45. The Balaban J connectivity index is 1.80. The molecular weight excluding hydrogens is 315 g/mol. The van der Waals surface area contributed by atoms with Crippen molar-refractivity contribution in [2.45, 2.75) is 39.2 Å². The van der Waals surface area contributed by atoms with Gasteiger partial charge in [0.2, 0.25) is 0 Å². The van der Waals surface area contributed by atoms with E-state index in [4.69, 9.17) is 23.2 Å². The zero-order valence-corrected chi connectivity index (χ0v) is 14.8. The Kier molecular flexibility index (Phi) is 5.85. The largest absolute Gasteiger partial charge is 0.312 e. The highest BCUT2D eigenvalue weighted by atomic mass is 35.5. The van der Waals surface area contributed by atoms with Gasteiger partial charge in [-0.3, -0.25) is 4.98 Å². The van der Waals surface area contributed by atoms with Gasteiger partial charge in [0.25, 0.3) is 0 Å². The van der Waals surface area contributed by atoms with Gasteiger partial charge in [0.15, 0.2) is 0 Å². The summed E-state index contributed by atoms with van der Waals surface area (Å²) < 4.78 is 0. The molecule has 0 saturated heterocycles. The van der Waals surface area contributed by atoms with Crippen molar-refractivity contribution >= 4 is 23.2 Å². The molecule has 4 heteroatoms. The number of halogens is 2. The van der Waals surface area contributed by atoms with Crippen molar-refractivity contribution in [1.29, 1.82) is 0 Å². The molecule has 0 unspecified atom stereocenters. The Morgan fingerprint density at radius 1 is 1.00 bits per heavy atom. The number of nitrogens with one attached hydrogen (secondary N) is 1. The number of nitrogens with zero attached hydrogens (tertiary/aromatic N) is 1. The zero-order chi connectivity index (χ0) is 16.2. The van der Waals surface area contributed by atoms with Crippen LogP contribution in [0.25, 0.3) is 0 Å². The van der Waals surface area contributed by atoms with Crippen molar-refractivity contribution in [2.75, 3.05) is 6.54 Å². The second-order valence-electron chi connectivity index (χ2n) is 6.48. The van der Waals surface area contributed by atoms with Crippen LogP contribution >= 0.6 is 23.2 Å². The number of hydrogen-bond acceptors (Lipinski definition) is 2. The molecule has 0 aliphatic rings. The summed E-state index contributed by atoms with van der Waals surface area (Å²) in [5, 5.41) is 4.64. The van der Waals surface area contributed by atoms with Crippen LogP contribution in [0.4, 0.5) is 0 Å². The Morgan fingerprint density at radius 2 is 1.73 bits per heavy atom. The summed E-state index contributed by atoms with van der Waals surface area (Å²) in [4.78, 5) is 4.54. The minimum Gasteiger partial charge on any atom is -0.312 e. The Bertz CT molecular complexity index is 616. The van der Waals surface area contributed by atoms with Gasteiger partial charge in [-0.2, -0.15) is 0 Å². The van der Waals surface area contributed by atoms with Crippen molar-refractivity contribution in [2.24, 2.45) is 0 Å². The third kappa shape index (κ3) is 4.98. The van der Waals surface area contributed by atoms with E-state index in [9.17, 15) is 0 Å². The summed E-state index contributed by atoms with van der Waals surface area (Å²) in [5.74, 6) is 0. The smallest absolute Gasteiger partial charge is 0.0595 e. The molecule has 0 spiro atoms. The molecule has 0 fully saturated rings. The fraction of sp³-hybridized carbons (Fsp3) is 0.389. The highest BCUT2D eigenvalue weighted by Gasteiger charge is 2.14. The van der Waals surface area contributed by atoms with E-state index >= 15 is 0 Å². The molecule has 0 aliphatic heterocycles. The standard InChI is InChI=1S/C18H22Cl2N2/c1-18(2,3)17-7-5-14(12-22-17)11-21-9-8-13-4-6-15(19)16(20)10-13/h4-7,10,12,21H,8-9,11H2,1-3H3. The number of benzene rings is 1. The summed E-state index contributed by atoms with van der Waals surface area (Å²) in [7, 11) is 0. The van der Waals surface area contributed by atoms with Crippen LogP contribution in [0.15, 0.2) is 36.5 Å². The van der Waals surface area contributed by atoms with E-state index in [0.717, 1.165) is 25.2 Å². The lowest BCUT2D eigenvalue weighted by molar-refractivity contribution is 0.567. The Labute approximate surface area is 142 Å². The van der Waals surface area contributed by atoms with E-state index in [-0.39, 0.29) is 5.41 Å². The minimum atomic E-state index is 0.0970. The highest BCUT2D eigenvalue weighted by Crippen LogP contribution is 2.22. The van der Waals surface area contributed by atoms with Gasteiger partial charge in [-0.25, -0.2) is 0 Å². The molecule has 2 rings (SSSR count). The summed E-state index contributed by atoms with van der Waals surface area (Å²) >= 11 is 11.9. The van der Waals surface area contributed by atoms with E-state index in [0.29, 0.717) is 10.0 Å². The first-order valence-electron chi connectivity index (χ1n) is 7.46. The molecule has 0 aliphatic carbocycles. The molecule has 118 valence electrons. The second-order valence-corrected chi connectivity index (χ2v) is 7.29. The van der Waals surface area contributed by atoms with Gasteiger partial charge in [-0.1, -0.05) is 56.1 Å². The molecule has 1 aromatic carbocycles. The van der Waals surface area contributed by atoms with Crippen LogP contribution < -0.4 is 5.32 Å². The average Bonchev–Trinajstić information content (AvgIpc) is 2.47. The molecule has 0 atom stereocenters. The summed E-state index contributed by atoms with van der Waals surface area (Å²) in [6.07, 6.45) is 2.87. The minimum absolute atomic E-state index is 0.0970. The maximum atomic E-state index is 6.01. The van der Waals surface area contributed by atoms with E-state index < -0.39 is 0 Å². The topological polar surface area (TPSA) is 24.9 Å². The van der Waals surface area contributed by atoms with Crippen LogP contribution in [0.3, 0.4) is 0 Å². The third-order valence-corrected chi connectivity index (χ3v) is 4.24. The van der Waals surface area contributed by atoms with Crippen LogP contribution in [-0.2, 0) is 18.4 Å². The van der Waals surface area contributed by atoms with Crippen LogP contribution in [-0.4, -0.2) is 11.5 Å². The summed E-state index contributed by atoms with van der Waals surface area (Å²) in [6, 6.07) is 10.0. The average molecular weight is 337 g/mol. The first kappa shape index (κ1) is 17.3. The maximum absolute atomic E-state index is 6.01. The molecule has 2 aromatic rings. The normalized spacial score (nSPS) is 11.7. The summed E-state index contributed by atoms with van der Waals surface area (Å²) in [6.45, 7) is 8.22. The quantitative estimate of drug-likeness (QED) is 0.775. The van der Waals surface area contributed by atoms with Crippen molar-refractivity contribution in [1.82, 2.24) is 10.3 Å². The van der Waals surface area contributed by atoms with Crippen LogP contribution in [0, 0.1) is 0 Å². The van der Waals surface area contributed by atoms with Crippen LogP contribution in [0.1, 0.15) is 37.6 Å². The molecule has 2 nitrogen and oxygen atoms in total. The second kappa shape index (κ2) is 7.45. The highest BCUT2D eigenvalue weighted by molar-refractivity contribution is 6.42. The Hall–Kier alpha value is -1.09. The third-order valence-electron chi connectivity index (χ3n) is 3.50. The molecule has 0 bridgehead atoms. The first-order valence-corrected chi connectivity index (χ1v) is 8.22. The van der Waals surface area contributed by atoms with Gasteiger partial charge in [0.05, 0.1) is 10.0 Å². The number of hydrogen-bond donors (Lipinski definition) is 1. The first-order chi connectivity index (χ1) is 10.4. The predicted octanol–water partition coefficient (Wildman–Crippen LogP) is 5.02. The maximum Gasteiger partial charge on any atom is 0.0595 e. The Morgan fingerprint density at radius 3 is 2.32 bits per heavy atom.